The second-order valence-electron chi connectivity index (χ2n) is 5.02. The lowest BCUT2D eigenvalue weighted by Gasteiger charge is -2.05. The highest BCUT2D eigenvalue weighted by molar-refractivity contribution is 5.63. The molecular formula is C18H21N. The number of hydrogen-bond acceptors (Lipinski definition) is 1. The highest BCUT2D eigenvalue weighted by Crippen LogP contribution is 2.20. The summed E-state index contributed by atoms with van der Waals surface area (Å²) in [5.74, 6) is 0. The number of nitrogens with zero attached hydrogens (tertiary/aromatic N) is 1. The van der Waals surface area contributed by atoms with Gasteiger partial charge in [-0.15, -0.1) is 0 Å². The van der Waals surface area contributed by atoms with Gasteiger partial charge in [-0.3, -0.25) is 4.98 Å². The monoisotopic (exact) mass is 251 g/mol. The SMILES string of the molecule is CC/C=C(\C)Cc1ccc(-c2ccnc(C)c2)cc1. The van der Waals surface area contributed by atoms with Crippen LogP contribution in [0.5, 0.6) is 0 Å². The summed E-state index contributed by atoms with van der Waals surface area (Å²) in [5.41, 5.74) is 6.36. The van der Waals surface area contributed by atoms with Gasteiger partial charge in [-0.1, -0.05) is 42.8 Å². The maximum Gasteiger partial charge on any atom is 0.0378 e. The first kappa shape index (κ1) is 13.5. The fraction of sp³-hybridized carbons (Fsp3) is 0.278. The molecule has 2 rings (SSSR count). The minimum Gasteiger partial charge on any atom is -0.262 e. The lowest BCUT2D eigenvalue weighted by molar-refractivity contribution is 1.09. The van der Waals surface area contributed by atoms with Gasteiger partial charge in [-0.2, -0.15) is 0 Å². The molecule has 1 heterocycles. The van der Waals surface area contributed by atoms with Crippen molar-refractivity contribution in [2.45, 2.75) is 33.6 Å². The Labute approximate surface area is 116 Å². The van der Waals surface area contributed by atoms with Crippen molar-refractivity contribution in [3.63, 3.8) is 0 Å². The second kappa shape index (κ2) is 6.33. The number of benzene rings is 1. The summed E-state index contributed by atoms with van der Waals surface area (Å²) >= 11 is 0. The Balaban J connectivity index is 2.17. The van der Waals surface area contributed by atoms with Crippen LogP contribution in [0.15, 0.2) is 54.2 Å². The Morgan fingerprint density at radius 3 is 2.47 bits per heavy atom. The molecule has 0 unspecified atom stereocenters. The van der Waals surface area contributed by atoms with Crippen molar-refractivity contribution in [2.75, 3.05) is 0 Å². The van der Waals surface area contributed by atoms with Gasteiger partial charge in [0.15, 0.2) is 0 Å². The molecule has 0 fully saturated rings. The molecule has 0 saturated carbocycles. The van der Waals surface area contributed by atoms with Gasteiger partial charge in [0.2, 0.25) is 0 Å². The normalized spacial score (nSPS) is 11.6. The molecule has 0 spiro atoms. The van der Waals surface area contributed by atoms with Gasteiger partial charge in [0, 0.05) is 11.9 Å². The smallest absolute Gasteiger partial charge is 0.0378 e. The predicted molar refractivity (Wildman–Crippen MR) is 82.2 cm³/mol. The van der Waals surface area contributed by atoms with Crippen molar-refractivity contribution in [2.24, 2.45) is 0 Å². The van der Waals surface area contributed by atoms with Crippen LogP contribution in [0.3, 0.4) is 0 Å². The number of hydrogen-bond donors (Lipinski definition) is 0. The third kappa shape index (κ3) is 3.78. The molecule has 1 heteroatoms. The van der Waals surface area contributed by atoms with Crippen molar-refractivity contribution in [3.05, 3.63) is 65.5 Å². The van der Waals surface area contributed by atoms with E-state index in [9.17, 15) is 0 Å². The maximum atomic E-state index is 4.24. The van der Waals surface area contributed by atoms with Gasteiger partial charge >= 0.3 is 0 Å². The highest BCUT2D eigenvalue weighted by atomic mass is 14.6. The van der Waals surface area contributed by atoms with Crippen LogP contribution in [0.2, 0.25) is 0 Å². The van der Waals surface area contributed by atoms with E-state index in [4.69, 9.17) is 0 Å². The molecule has 1 nitrogen and oxygen atoms in total. The Kier molecular flexibility index (Phi) is 4.51. The molecule has 0 saturated heterocycles. The van der Waals surface area contributed by atoms with E-state index in [1.54, 1.807) is 0 Å². The van der Waals surface area contributed by atoms with Crippen molar-refractivity contribution in [1.29, 1.82) is 0 Å². The minimum atomic E-state index is 1.05. The van der Waals surface area contributed by atoms with Crippen LogP contribution in [0, 0.1) is 6.92 Å². The standard InChI is InChI=1S/C18H21N/c1-4-5-14(2)12-16-6-8-17(9-7-16)18-10-11-19-15(3)13-18/h5-11,13H,4,12H2,1-3H3/b14-5+. The molecule has 0 amide bonds. The van der Waals surface area contributed by atoms with E-state index in [-0.39, 0.29) is 0 Å². The molecule has 0 radical (unpaired) electrons. The Morgan fingerprint density at radius 1 is 1.11 bits per heavy atom. The van der Waals surface area contributed by atoms with Crippen LogP contribution in [0.4, 0.5) is 0 Å². The number of pyridine rings is 1. The molecule has 0 aliphatic rings. The van der Waals surface area contributed by atoms with E-state index in [1.807, 2.05) is 13.1 Å². The average molecular weight is 251 g/mol. The summed E-state index contributed by atoms with van der Waals surface area (Å²) in [5, 5.41) is 0. The summed E-state index contributed by atoms with van der Waals surface area (Å²) in [4.78, 5) is 4.24. The number of allylic oxidation sites excluding steroid dienone is 2. The summed E-state index contributed by atoms with van der Waals surface area (Å²) in [6.07, 6.45) is 6.32. The predicted octanol–water partition coefficient (Wildman–Crippen LogP) is 4.96. The van der Waals surface area contributed by atoms with Gasteiger partial charge in [0.25, 0.3) is 0 Å². The summed E-state index contributed by atoms with van der Waals surface area (Å²) in [6.45, 7) is 6.40. The molecule has 19 heavy (non-hydrogen) atoms. The zero-order valence-electron chi connectivity index (χ0n) is 12.0. The fourth-order valence-electron chi connectivity index (χ4n) is 2.28. The molecule has 0 aliphatic heterocycles. The average Bonchev–Trinajstić information content (AvgIpc) is 2.40. The second-order valence-corrected chi connectivity index (χ2v) is 5.02. The fourth-order valence-corrected chi connectivity index (χ4v) is 2.28. The van der Waals surface area contributed by atoms with Crippen molar-refractivity contribution in [1.82, 2.24) is 4.98 Å². The van der Waals surface area contributed by atoms with Crippen LogP contribution < -0.4 is 0 Å². The van der Waals surface area contributed by atoms with Crippen LogP contribution in [0.25, 0.3) is 11.1 Å². The van der Waals surface area contributed by atoms with Gasteiger partial charge in [-0.05, 0) is 55.5 Å². The van der Waals surface area contributed by atoms with Gasteiger partial charge in [-0.25, -0.2) is 0 Å². The summed E-state index contributed by atoms with van der Waals surface area (Å²) in [6, 6.07) is 13.0. The van der Waals surface area contributed by atoms with Crippen LogP contribution in [-0.2, 0) is 6.42 Å². The topological polar surface area (TPSA) is 12.9 Å². The lowest BCUT2D eigenvalue weighted by Crippen LogP contribution is -1.88. The Morgan fingerprint density at radius 2 is 1.84 bits per heavy atom. The molecular weight excluding hydrogens is 230 g/mol. The largest absolute Gasteiger partial charge is 0.262 e. The number of aromatic nitrogens is 1. The maximum absolute atomic E-state index is 4.24. The number of rotatable bonds is 4. The van der Waals surface area contributed by atoms with Gasteiger partial charge in [0.1, 0.15) is 0 Å². The van der Waals surface area contributed by atoms with E-state index in [0.29, 0.717) is 0 Å². The Bertz CT molecular complexity index is 564. The summed E-state index contributed by atoms with van der Waals surface area (Å²) in [7, 11) is 0. The first-order valence-electron chi connectivity index (χ1n) is 6.86. The molecule has 0 N–H and O–H groups in total. The first-order chi connectivity index (χ1) is 9.19. The van der Waals surface area contributed by atoms with E-state index < -0.39 is 0 Å². The van der Waals surface area contributed by atoms with E-state index >= 15 is 0 Å². The highest BCUT2D eigenvalue weighted by Gasteiger charge is 1.99. The summed E-state index contributed by atoms with van der Waals surface area (Å²) < 4.78 is 0. The molecule has 1 aromatic heterocycles. The number of aryl methyl sites for hydroxylation is 1. The van der Waals surface area contributed by atoms with E-state index in [0.717, 1.165) is 18.5 Å². The third-order valence-electron chi connectivity index (χ3n) is 3.22. The van der Waals surface area contributed by atoms with Crippen LogP contribution in [0.1, 0.15) is 31.5 Å². The quantitative estimate of drug-likeness (QED) is 0.700. The van der Waals surface area contributed by atoms with Crippen molar-refractivity contribution >= 4 is 0 Å². The first-order valence-corrected chi connectivity index (χ1v) is 6.86. The molecule has 0 atom stereocenters. The molecule has 0 aliphatic carbocycles. The van der Waals surface area contributed by atoms with Crippen molar-refractivity contribution in [3.8, 4) is 11.1 Å². The van der Waals surface area contributed by atoms with Gasteiger partial charge < -0.3 is 0 Å². The van der Waals surface area contributed by atoms with Crippen LogP contribution >= 0.6 is 0 Å². The zero-order valence-corrected chi connectivity index (χ0v) is 12.0. The van der Waals surface area contributed by atoms with E-state index in [1.165, 1.54) is 22.3 Å². The molecule has 0 bridgehead atoms. The molecule has 98 valence electrons. The lowest BCUT2D eigenvalue weighted by atomic mass is 10.0. The Hall–Kier alpha value is -1.89. The van der Waals surface area contributed by atoms with Gasteiger partial charge in [0.05, 0.1) is 0 Å². The van der Waals surface area contributed by atoms with Crippen molar-refractivity contribution < 1.29 is 0 Å². The molecule has 1 aromatic carbocycles. The zero-order chi connectivity index (χ0) is 13.7. The molecule has 2 aromatic rings. The van der Waals surface area contributed by atoms with E-state index in [2.05, 4.69) is 61.3 Å². The van der Waals surface area contributed by atoms with Crippen LogP contribution in [-0.4, -0.2) is 4.98 Å². The third-order valence-corrected chi connectivity index (χ3v) is 3.22. The minimum absolute atomic E-state index is 1.05.